The topological polar surface area (TPSA) is 21.3 Å². The average Bonchev–Trinajstić information content (AvgIpc) is 2.95. The highest BCUT2D eigenvalue weighted by atomic mass is 16.5. The Balaban J connectivity index is 1.52. The average molecular weight is 349 g/mol. The van der Waals surface area contributed by atoms with E-state index in [-0.39, 0.29) is 0 Å². The Morgan fingerprint density at radius 3 is 2.22 bits per heavy atom. The number of fused-ring (bicyclic) bond motifs is 2. The van der Waals surface area contributed by atoms with Crippen molar-refractivity contribution in [2.24, 2.45) is 0 Å². The minimum Gasteiger partial charge on any atom is -0.453 e. The zero-order valence-corrected chi connectivity index (χ0v) is 14.9. The standard InChI is InChI=1S/C25H19NO/c1-3-8-18(9-4-1)20-12-7-13-22-24(16-20)27-25-17-21(14-15-23(25)26-22)19-10-5-2-6-11-19/h1-6,8-17,26H,7H2. The van der Waals surface area contributed by atoms with E-state index >= 15 is 0 Å². The van der Waals surface area contributed by atoms with Crippen LogP contribution in [0.5, 0.6) is 5.75 Å². The van der Waals surface area contributed by atoms with Crippen LogP contribution in [0.2, 0.25) is 0 Å². The summed E-state index contributed by atoms with van der Waals surface area (Å²) in [6.45, 7) is 0. The molecule has 0 saturated carbocycles. The van der Waals surface area contributed by atoms with Crippen molar-refractivity contribution in [3.8, 4) is 16.9 Å². The van der Waals surface area contributed by atoms with Gasteiger partial charge in [0.15, 0.2) is 11.5 Å². The van der Waals surface area contributed by atoms with Crippen LogP contribution in [0.4, 0.5) is 5.69 Å². The Morgan fingerprint density at radius 2 is 1.44 bits per heavy atom. The molecule has 2 nitrogen and oxygen atoms in total. The summed E-state index contributed by atoms with van der Waals surface area (Å²) in [5.41, 5.74) is 6.74. The molecule has 3 aromatic carbocycles. The summed E-state index contributed by atoms with van der Waals surface area (Å²) < 4.78 is 6.32. The Bertz CT molecular complexity index is 1080. The second-order valence-corrected chi connectivity index (χ2v) is 6.69. The van der Waals surface area contributed by atoms with Crippen molar-refractivity contribution in [1.29, 1.82) is 0 Å². The van der Waals surface area contributed by atoms with Gasteiger partial charge in [-0.15, -0.1) is 0 Å². The summed E-state index contributed by atoms with van der Waals surface area (Å²) in [7, 11) is 0. The molecule has 27 heavy (non-hydrogen) atoms. The molecule has 0 spiro atoms. The molecule has 5 rings (SSSR count). The van der Waals surface area contributed by atoms with Crippen molar-refractivity contribution in [2.45, 2.75) is 6.42 Å². The van der Waals surface area contributed by atoms with Gasteiger partial charge in [0.05, 0.1) is 11.4 Å². The number of nitrogens with one attached hydrogen (secondary N) is 1. The Kier molecular flexibility index (Phi) is 3.87. The van der Waals surface area contributed by atoms with Crippen LogP contribution in [0, 0.1) is 0 Å². The van der Waals surface area contributed by atoms with Crippen LogP contribution in [0.3, 0.4) is 0 Å². The second kappa shape index (κ2) is 6.65. The molecule has 0 amide bonds. The van der Waals surface area contributed by atoms with Crippen LogP contribution in [0.1, 0.15) is 12.0 Å². The molecule has 0 unspecified atom stereocenters. The first-order chi connectivity index (χ1) is 13.4. The fourth-order valence-corrected chi connectivity index (χ4v) is 3.49. The second-order valence-electron chi connectivity index (χ2n) is 6.69. The zero-order valence-electron chi connectivity index (χ0n) is 14.9. The van der Waals surface area contributed by atoms with Crippen LogP contribution in [-0.2, 0) is 0 Å². The number of hydrogen-bond acceptors (Lipinski definition) is 2. The molecule has 0 aromatic heterocycles. The largest absolute Gasteiger partial charge is 0.453 e. The van der Waals surface area contributed by atoms with Crippen molar-refractivity contribution in [2.75, 3.05) is 5.32 Å². The van der Waals surface area contributed by atoms with E-state index in [9.17, 15) is 0 Å². The van der Waals surface area contributed by atoms with Crippen molar-refractivity contribution < 1.29 is 4.74 Å². The Labute approximate surface area is 159 Å². The molecule has 1 heterocycles. The van der Waals surface area contributed by atoms with Gasteiger partial charge in [0, 0.05) is 0 Å². The van der Waals surface area contributed by atoms with E-state index in [1.165, 1.54) is 16.7 Å². The third kappa shape index (κ3) is 3.06. The first kappa shape index (κ1) is 15.7. The molecule has 2 heteroatoms. The predicted molar refractivity (Wildman–Crippen MR) is 111 cm³/mol. The highest BCUT2D eigenvalue weighted by molar-refractivity contribution is 5.79. The summed E-state index contributed by atoms with van der Waals surface area (Å²) in [6.07, 6.45) is 7.40. The molecule has 2 aliphatic rings. The minimum atomic E-state index is 0.856. The van der Waals surface area contributed by atoms with E-state index in [1.54, 1.807) is 0 Å². The van der Waals surface area contributed by atoms with E-state index in [1.807, 2.05) is 12.1 Å². The number of hydrogen-bond donors (Lipinski definition) is 1. The molecule has 130 valence electrons. The number of anilines is 1. The summed E-state index contributed by atoms with van der Waals surface area (Å²) in [4.78, 5) is 0. The molecule has 3 aromatic rings. The molecule has 0 radical (unpaired) electrons. The molecule has 0 fully saturated rings. The van der Waals surface area contributed by atoms with Crippen molar-refractivity contribution in [3.63, 3.8) is 0 Å². The molecule has 0 bridgehead atoms. The molecule has 1 N–H and O–H groups in total. The summed E-state index contributed by atoms with van der Waals surface area (Å²) in [5.74, 6) is 1.72. The van der Waals surface area contributed by atoms with E-state index < -0.39 is 0 Å². The van der Waals surface area contributed by atoms with E-state index in [2.05, 4.69) is 90.3 Å². The smallest absolute Gasteiger partial charge is 0.151 e. The maximum atomic E-state index is 6.32. The SMILES string of the molecule is C1=C2Nc3ccc(-c4ccccc4)cc3OC2=CC(c2ccccc2)=CC1. The molecule has 0 atom stereocenters. The van der Waals surface area contributed by atoms with Gasteiger partial charge in [-0.2, -0.15) is 0 Å². The van der Waals surface area contributed by atoms with Crippen LogP contribution in [-0.4, -0.2) is 0 Å². The zero-order chi connectivity index (χ0) is 18.1. The number of allylic oxidation sites excluding steroid dienone is 4. The maximum Gasteiger partial charge on any atom is 0.151 e. The first-order valence-electron chi connectivity index (χ1n) is 9.19. The van der Waals surface area contributed by atoms with E-state index in [0.29, 0.717) is 0 Å². The van der Waals surface area contributed by atoms with Gasteiger partial charge in [0.2, 0.25) is 0 Å². The van der Waals surface area contributed by atoms with Crippen molar-refractivity contribution in [1.82, 2.24) is 0 Å². The third-order valence-corrected chi connectivity index (χ3v) is 4.90. The lowest BCUT2D eigenvalue weighted by molar-refractivity contribution is 0.431. The lowest BCUT2D eigenvalue weighted by atomic mass is 10.0. The van der Waals surface area contributed by atoms with Crippen LogP contribution < -0.4 is 10.1 Å². The number of ether oxygens (including phenoxy) is 1. The molecule has 1 aliphatic heterocycles. The fourth-order valence-electron chi connectivity index (χ4n) is 3.49. The summed E-state index contributed by atoms with van der Waals surface area (Å²) in [5, 5.41) is 3.52. The third-order valence-electron chi connectivity index (χ3n) is 4.90. The Hall–Kier alpha value is -3.52. The van der Waals surface area contributed by atoms with Crippen molar-refractivity contribution in [3.05, 3.63) is 114 Å². The minimum absolute atomic E-state index is 0.856. The highest BCUT2D eigenvalue weighted by Crippen LogP contribution is 2.39. The molecule has 1 aliphatic carbocycles. The first-order valence-corrected chi connectivity index (χ1v) is 9.19. The number of benzene rings is 3. The monoisotopic (exact) mass is 349 g/mol. The maximum absolute atomic E-state index is 6.32. The Morgan fingerprint density at radius 1 is 0.704 bits per heavy atom. The normalized spacial score (nSPS) is 15.0. The lowest BCUT2D eigenvalue weighted by Gasteiger charge is -2.24. The number of rotatable bonds is 2. The molecular weight excluding hydrogens is 330 g/mol. The van der Waals surface area contributed by atoms with Crippen LogP contribution in [0.25, 0.3) is 16.7 Å². The van der Waals surface area contributed by atoms with E-state index in [4.69, 9.17) is 4.74 Å². The molecular formula is C25H19NO. The quantitative estimate of drug-likeness (QED) is 0.577. The predicted octanol–water partition coefficient (Wildman–Crippen LogP) is 6.41. The van der Waals surface area contributed by atoms with Gasteiger partial charge in [0.1, 0.15) is 0 Å². The summed E-state index contributed by atoms with van der Waals surface area (Å²) in [6, 6.07) is 27.1. The van der Waals surface area contributed by atoms with Crippen LogP contribution >= 0.6 is 0 Å². The summed E-state index contributed by atoms with van der Waals surface area (Å²) >= 11 is 0. The lowest BCUT2D eigenvalue weighted by Crippen LogP contribution is -2.14. The van der Waals surface area contributed by atoms with Gasteiger partial charge in [-0.05, 0) is 46.9 Å². The van der Waals surface area contributed by atoms with E-state index in [0.717, 1.165) is 34.9 Å². The van der Waals surface area contributed by atoms with Gasteiger partial charge >= 0.3 is 0 Å². The van der Waals surface area contributed by atoms with Gasteiger partial charge in [-0.25, -0.2) is 0 Å². The van der Waals surface area contributed by atoms with Gasteiger partial charge < -0.3 is 10.1 Å². The van der Waals surface area contributed by atoms with Gasteiger partial charge in [0.25, 0.3) is 0 Å². The fraction of sp³-hybridized carbons (Fsp3) is 0.0400. The van der Waals surface area contributed by atoms with Gasteiger partial charge in [-0.1, -0.05) is 78.9 Å². The molecule has 0 saturated heterocycles. The van der Waals surface area contributed by atoms with Crippen molar-refractivity contribution >= 4 is 11.3 Å². The van der Waals surface area contributed by atoms with Crippen LogP contribution in [0.15, 0.2) is 109 Å². The van der Waals surface area contributed by atoms with Gasteiger partial charge in [-0.3, -0.25) is 0 Å². The highest BCUT2D eigenvalue weighted by Gasteiger charge is 2.21.